The lowest BCUT2D eigenvalue weighted by atomic mass is 10.1. The van der Waals surface area contributed by atoms with Gasteiger partial charge in [0.1, 0.15) is 12.4 Å². The molecule has 0 amide bonds. The van der Waals surface area contributed by atoms with Crippen LogP contribution in [0.2, 0.25) is 0 Å². The lowest BCUT2D eigenvalue weighted by Crippen LogP contribution is -2.19. The fourth-order valence-electron chi connectivity index (χ4n) is 3.65. The Hall–Kier alpha value is -4.18. The van der Waals surface area contributed by atoms with E-state index in [9.17, 15) is 10.1 Å². The molecule has 0 unspecified atom stereocenters. The summed E-state index contributed by atoms with van der Waals surface area (Å²) in [6.45, 7) is 0.925. The molecule has 2 aromatic carbocycles. The Bertz CT molecular complexity index is 1330. The van der Waals surface area contributed by atoms with E-state index in [0.717, 1.165) is 22.2 Å². The van der Waals surface area contributed by atoms with Gasteiger partial charge in [0.25, 0.3) is 0 Å². The molecular formula is C24H26N6O4. The quantitative estimate of drug-likeness (QED) is 0.291. The van der Waals surface area contributed by atoms with E-state index in [0.29, 0.717) is 30.5 Å². The van der Waals surface area contributed by atoms with Gasteiger partial charge in [-0.1, -0.05) is 18.2 Å². The summed E-state index contributed by atoms with van der Waals surface area (Å²) < 4.78 is 13.2. The Labute approximate surface area is 196 Å². The smallest absolute Gasteiger partial charge is 0.313 e. The molecule has 1 N–H and O–H groups in total. The van der Waals surface area contributed by atoms with Gasteiger partial charge in [0.05, 0.1) is 23.4 Å². The lowest BCUT2D eigenvalue weighted by Gasteiger charge is -2.15. The van der Waals surface area contributed by atoms with Crippen molar-refractivity contribution in [2.24, 2.45) is 7.05 Å². The second-order valence-corrected chi connectivity index (χ2v) is 7.99. The number of para-hydroxylation sites is 1. The minimum absolute atomic E-state index is 0.139. The van der Waals surface area contributed by atoms with Crippen molar-refractivity contribution in [2.75, 3.05) is 39.7 Å². The maximum Gasteiger partial charge on any atom is 0.313 e. The highest BCUT2D eigenvalue weighted by Gasteiger charge is 2.21. The summed E-state index contributed by atoms with van der Waals surface area (Å²) >= 11 is 0. The molecule has 0 aliphatic heterocycles. The van der Waals surface area contributed by atoms with E-state index in [1.165, 1.54) is 19.2 Å². The molecule has 0 spiro atoms. The first-order valence-corrected chi connectivity index (χ1v) is 10.7. The molecule has 0 bridgehead atoms. The molecule has 2 aromatic heterocycles. The molecular weight excluding hydrogens is 436 g/mol. The van der Waals surface area contributed by atoms with E-state index >= 15 is 0 Å². The Morgan fingerprint density at radius 2 is 1.97 bits per heavy atom. The highest BCUT2D eigenvalue weighted by Crippen LogP contribution is 2.39. The molecule has 0 fully saturated rings. The minimum Gasteiger partial charge on any atom is -0.494 e. The number of hydrogen-bond acceptors (Lipinski definition) is 8. The SMILES string of the molecule is COc1cc(OCCN(C)C)c([N+](=O)[O-])cc1Nc1nccc(-c2cn(C)c3ccccc23)n1. The Morgan fingerprint density at radius 3 is 2.71 bits per heavy atom. The standard InChI is InChI=1S/C24H26N6O4/c1-28(2)11-12-34-23-14-22(33-4)19(13-21(23)30(31)32)27-24-25-10-9-18(26-24)17-15-29(3)20-8-6-5-7-16(17)20/h5-10,13-15H,11-12H2,1-4H3,(H,25,26,27). The molecule has 4 rings (SSSR count). The van der Waals surface area contributed by atoms with Crippen LogP contribution in [0.5, 0.6) is 11.5 Å². The number of hydrogen-bond donors (Lipinski definition) is 1. The Kier molecular flexibility index (Phi) is 6.60. The number of aryl methyl sites for hydroxylation is 1. The zero-order valence-corrected chi connectivity index (χ0v) is 19.5. The van der Waals surface area contributed by atoms with Crippen molar-refractivity contribution in [3.63, 3.8) is 0 Å². The number of nitro benzene ring substituents is 1. The van der Waals surface area contributed by atoms with Crippen LogP contribution in [0, 0.1) is 10.1 Å². The Balaban J connectivity index is 1.67. The molecule has 34 heavy (non-hydrogen) atoms. The first-order chi connectivity index (χ1) is 16.4. The number of fused-ring (bicyclic) bond motifs is 1. The number of methoxy groups -OCH3 is 1. The van der Waals surface area contributed by atoms with Crippen LogP contribution in [0.25, 0.3) is 22.2 Å². The van der Waals surface area contributed by atoms with E-state index in [1.807, 2.05) is 67.1 Å². The van der Waals surface area contributed by atoms with Gasteiger partial charge in [0.2, 0.25) is 11.7 Å². The van der Waals surface area contributed by atoms with E-state index in [4.69, 9.17) is 9.47 Å². The number of ether oxygens (including phenoxy) is 2. The van der Waals surface area contributed by atoms with Gasteiger partial charge >= 0.3 is 5.69 Å². The lowest BCUT2D eigenvalue weighted by molar-refractivity contribution is -0.385. The van der Waals surface area contributed by atoms with Crippen molar-refractivity contribution in [3.8, 4) is 22.8 Å². The summed E-state index contributed by atoms with van der Waals surface area (Å²) in [6.07, 6.45) is 3.66. The van der Waals surface area contributed by atoms with E-state index in [2.05, 4.69) is 15.3 Å². The van der Waals surface area contributed by atoms with Gasteiger partial charge in [-0.3, -0.25) is 10.1 Å². The van der Waals surface area contributed by atoms with Gasteiger partial charge in [0.15, 0.2) is 0 Å². The van der Waals surface area contributed by atoms with Crippen LogP contribution in [-0.2, 0) is 7.05 Å². The summed E-state index contributed by atoms with van der Waals surface area (Å²) in [4.78, 5) is 22.1. The van der Waals surface area contributed by atoms with Crippen molar-refractivity contribution in [2.45, 2.75) is 0 Å². The average molecular weight is 463 g/mol. The molecule has 2 heterocycles. The van der Waals surface area contributed by atoms with Crippen LogP contribution < -0.4 is 14.8 Å². The molecule has 0 atom stereocenters. The van der Waals surface area contributed by atoms with E-state index in [1.54, 1.807) is 6.20 Å². The number of nitrogens with zero attached hydrogens (tertiary/aromatic N) is 5. The normalized spacial score (nSPS) is 11.1. The van der Waals surface area contributed by atoms with Gasteiger partial charge in [-0.15, -0.1) is 0 Å². The molecule has 10 nitrogen and oxygen atoms in total. The fourth-order valence-corrected chi connectivity index (χ4v) is 3.65. The van der Waals surface area contributed by atoms with Crippen molar-refractivity contribution in [1.29, 1.82) is 0 Å². The van der Waals surface area contributed by atoms with Crippen molar-refractivity contribution < 1.29 is 14.4 Å². The predicted molar refractivity (Wildman–Crippen MR) is 131 cm³/mol. The van der Waals surface area contributed by atoms with Crippen LogP contribution in [0.15, 0.2) is 54.9 Å². The summed E-state index contributed by atoms with van der Waals surface area (Å²) in [7, 11) is 7.27. The molecule has 176 valence electrons. The second kappa shape index (κ2) is 9.75. The first kappa shape index (κ1) is 23.0. The van der Waals surface area contributed by atoms with Crippen molar-refractivity contribution in [1.82, 2.24) is 19.4 Å². The number of rotatable bonds is 9. The number of nitrogens with one attached hydrogen (secondary N) is 1. The van der Waals surface area contributed by atoms with Crippen LogP contribution in [0.1, 0.15) is 0 Å². The highest BCUT2D eigenvalue weighted by atomic mass is 16.6. The number of likely N-dealkylation sites (N-methyl/N-ethyl adjacent to an activating group) is 1. The van der Waals surface area contributed by atoms with Crippen LogP contribution in [-0.4, -0.2) is 58.7 Å². The number of nitro groups is 1. The van der Waals surface area contributed by atoms with Crippen LogP contribution in [0.4, 0.5) is 17.3 Å². The summed E-state index contributed by atoms with van der Waals surface area (Å²) in [5, 5.41) is 15.8. The first-order valence-electron chi connectivity index (χ1n) is 10.7. The third kappa shape index (κ3) is 4.76. The number of aromatic nitrogens is 3. The number of benzene rings is 2. The maximum atomic E-state index is 11.7. The molecule has 0 aliphatic carbocycles. The molecule has 0 saturated heterocycles. The minimum atomic E-state index is -0.483. The molecule has 0 aliphatic rings. The zero-order valence-electron chi connectivity index (χ0n) is 19.5. The zero-order chi connectivity index (χ0) is 24.2. The third-order valence-electron chi connectivity index (χ3n) is 5.35. The molecule has 0 saturated carbocycles. The second-order valence-electron chi connectivity index (χ2n) is 7.99. The van der Waals surface area contributed by atoms with E-state index in [-0.39, 0.29) is 11.4 Å². The molecule has 4 aromatic rings. The average Bonchev–Trinajstić information content (AvgIpc) is 3.16. The molecule has 0 radical (unpaired) electrons. The van der Waals surface area contributed by atoms with E-state index < -0.39 is 4.92 Å². The van der Waals surface area contributed by atoms with Crippen LogP contribution >= 0.6 is 0 Å². The maximum absolute atomic E-state index is 11.7. The van der Waals surface area contributed by atoms with Gasteiger partial charge in [-0.05, 0) is 26.2 Å². The molecule has 10 heteroatoms. The largest absolute Gasteiger partial charge is 0.494 e. The predicted octanol–water partition coefficient (Wildman–Crippen LogP) is 4.24. The van der Waals surface area contributed by atoms with Gasteiger partial charge in [0, 0.05) is 54.6 Å². The topological polar surface area (TPSA) is 108 Å². The highest BCUT2D eigenvalue weighted by molar-refractivity contribution is 5.95. The summed E-state index contributed by atoms with van der Waals surface area (Å²) in [5.74, 6) is 0.809. The van der Waals surface area contributed by atoms with Crippen molar-refractivity contribution >= 4 is 28.2 Å². The summed E-state index contributed by atoms with van der Waals surface area (Å²) in [5.41, 5.74) is 2.97. The fraction of sp³-hybridized carbons (Fsp3) is 0.250. The number of anilines is 2. The summed E-state index contributed by atoms with van der Waals surface area (Å²) in [6, 6.07) is 12.8. The van der Waals surface area contributed by atoms with Gasteiger partial charge < -0.3 is 24.3 Å². The van der Waals surface area contributed by atoms with Gasteiger partial charge in [-0.25, -0.2) is 9.97 Å². The monoisotopic (exact) mass is 462 g/mol. The third-order valence-corrected chi connectivity index (χ3v) is 5.35. The van der Waals surface area contributed by atoms with Gasteiger partial charge in [-0.2, -0.15) is 0 Å². The van der Waals surface area contributed by atoms with Crippen molar-refractivity contribution in [3.05, 3.63) is 65.0 Å². The van der Waals surface area contributed by atoms with Crippen LogP contribution in [0.3, 0.4) is 0 Å². The Morgan fingerprint density at radius 1 is 1.18 bits per heavy atom.